The van der Waals surface area contributed by atoms with E-state index in [1.165, 1.54) is 18.2 Å². The molecule has 0 aliphatic carbocycles. The molecule has 0 radical (unpaired) electrons. The van der Waals surface area contributed by atoms with Crippen molar-refractivity contribution in [2.24, 2.45) is 0 Å². The zero-order valence-electron chi connectivity index (χ0n) is 13.0. The van der Waals surface area contributed by atoms with Crippen LogP contribution in [0.25, 0.3) is 0 Å². The van der Waals surface area contributed by atoms with Gasteiger partial charge in [0.2, 0.25) is 15.9 Å². The molecule has 0 bridgehead atoms. The fourth-order valence-electron chi connectivity index (χ4n) is 2.01. The molecule has 0 fully saturated rings. The molecule has 1 amide bonds. The Morgan fingerprint density at radius 1 is 1.32 bits per heavy atom. The van der Waals surface area contributed by atoms with Gasteiger partial charge in [-0.3, -0.25) is 9.10 Å². The molecule has 1 rings (SSSR count). The predicted octanol–water partition coefficient (Wildman–Crippen LogP) is 2.29. The van der Waals surface area contributed by atoms with Crippen LogP contribution in [0.2, 0.25) is 0 Å². The van der Waals surface area contributed by atoms with Gasteiger partial charge >= 0.3 is 0 Å². The number of amides is 1. The number of carbonyl (C=O) groups excluding carboxylic acids is 1. The Morgan fingerprint density at radius 2 is 2.05 bits per heavy atom. The van der Waals surface area contributed by atoms with Gasteiger partial charge in [-0.2, -0.15) is 0 Å². The average Bonchev–Trinajstić information content (AvgIpc) is 2.42. The zero-order valence-corrected chi connectivity index (χ0v) is 13.8. The first-order chi connectivity index (χ1) is 10.3. The van der Waals surface area contributed by atoms with Crippen molar-refractivity contribution in [3.05, 3.63) is 30.1 Å². The van der Waals surface area contributed by atoms with Crippen LogP contribution in [-0.2, 0) is 14.8 Å². The van der Waals surface area contributed by atoms with E-state index in [1.54, 1.807) is 0 Å². The third-order valence-electron chi connectivity index (χ3n) is 3.14. The lowest BCUT2D eigenvalue weighted by molar-refractivity contribution is -0.120. The van der Waals surface area contributed by atoms with Crippen LogP contribution in [0.3, 0.4) is 0 Å². The van der Waals surface area contributed by atoms with Crippen molar-refractivity contribution in [3.8, 4) is 0 Å². The Hall–Kier alpha value is -1.63. The smallest absolute Gasteiger partial charge is 0.232 e. The van der Waals surface area contributed by atoms with Gasteiger partial charge in [-0.25, -0.2) is 12.8 Å². The highest BCUT2D eigenvalue weighted by molar-refractivity contribution is 7.92. The number of anilines is 1. The lowest BCUT2D eigenvalue weighted by Crippen LogP contribution is -2.35. The summed E-state index contributed by atoms with van der Waals surface area (Å²) >= 11 is 0. The van der Waals surface area contributed by atoms with E-state index in [-0.39, 0.29) is 24.6 Å². The number of unbranched alkanes of at least 4 members (excludes halogenated alkanes) is 2. The van der Waals surface area contributed by atoms with Crippen molar-refractivity contribution in [2.75, 3.05) is 23.7 Å². The molecule has 1 aromatic rings. The SMILES string of the molecule is CCCCCNC(=O)CCN(c1cccc(F)c1)S(C)(=O)=O. The van der Waals surface area contributed by atoms with Crippen LogP contribution in [0.15, 0.2) is 24.3 Å². The van der Waals surface area contributed by atoms with E-state index in [1.807, 2.05) is 0 Å². The minimum atomic E-state index is -3.57. The molecule has 0 heterocycles. The van der Waals surface area contributed by atoms with Gasteiger partial charge in [0, 0.05) is 19.5 Å². The fraction of sp³-hybridized carbons (Fsp3) is 0.533. The van der Waals surface area contributed by atoms with Crippen LogP contribution in [0.1, 0.15) is 32.6 Å². The first-order valence-corrected chi connectivity index (χ1v) is 9.19. The molecule has 0 aromatic heterocycles. The molecule has 0 spiro atoms. The highest BCUT2D eigenvalue weighted by atomic mass is 32.2. The van der Waals surface area contributed by atoms with E-state index >= 15 is 0 Å². The second-order valence-corrected chi connectivity index (χ2v) is 7.03. The summed E-state index contributed by atoms with van der Waals surface area (Å²) in [5.41, 5.74) is 0.223. The lowest BCUT2D eigenvalue weighted by atomic mass is 10.2. The molecular weight excluding hydrogens is 307 g/mol. The van der Waals surface area contributed by atoms with E-state index in [2.05, 4.69) is 12.2 Å². The molecule has 0 aliphatic heterocycles. The number of nitrogens with zero attached hydrogens (tertiary/aromatic N) is 1. The number of carbonyl (C=O) groups is 1. The number of benzene rings is 1. The van der Waals surface area contributed by atoms with E-state index in [4.69, 9.17) is 0 Å². The Bertz CT molecular complexity index is 590. The van der Waals surface area contributed by atoms with Crippen LogP contribution in [0.4, 0.5) is 10.1 Å². The molecule has 124 valence electrons. The quantitative estimate of drug-likeness (QED) is 0.707. The third kappa shape index (κ3) is 6.43. The number of halogens is 1. The molecule has 7 heteroatoms. The minimum Gasteiger partial charge on any atom is -0.356 e. The van der Waals surface area contributed by atoms with Crippen molar-refractivity contribution in [1.82, 2.24) is 5.32 Å². The zero-order chi connectivity index (χ0) is 16.6. The Morgan fingerprint density at radius 3 is 2.64 bits per heavy atom. The lowest BCUT2D eigenvalue weighted by Gasteiger charge is -2.22. The maximum atomic E-state index is 13.3. The normalized spacial score (nSPS) is 11.2. The summed E-state index contributed by atoms with van der Waals surface area (Å²) < 4.78 is 37.9. The van der Waals surface area contributed by atoms with Crippen molar-refractivity contribution in [3.63, 3.8) is 0 Å². The minimum absolute atomic E-state index is 0.0120. The van der Waals surface area contributed by atoms with Crippen molar-refractivity contribution in [2.45, 2.75) is 32.6 Å². The largest absolute Gasteiger partial charge is 0.356 e. The van der Waals surface area contributed by atoms with Crippen molar-refractivity contribution < 1.29 is 17.6 Å². The maximum absolute atomic E-state index is 13.3. The summed E-state index contributed by atoms with van der Waals surface area (Å²) in [6.07, 6.45) is 4.09. The van der Waals surface area contributed by atoms with Gasteiger partial charge < -0.3 is 5.32 Å². The van der Waals surface area contributed by atoms with Crippen molar-refractivity contribution in [1.29, 1.82) is 0 Å². The third-order valence-corrected chi connectivity index (χ3v) is 4.34. The van der Waals surface area contributed by atoms with E-state index in [0.717, 1.165) is 35.9 Å². The summed E-state index contributed by atoms with van der Waals surface area (Å²) in [5.74, 6) is -0.726. The van der Waals surface area contributed by atoms with Gasteiger partial charge in [-0.05, 0) is 24.6 Å². The van der Waals surface area contributed by atoms with Crippen LogP contribution >= 0.6 is 0 Å². The molecule has 22 heavy (non-hydrogen) atoms. The summed E-state index contributed by atoms with van der Waals surface area (Å²) in [4.78, 5) is 11.7. The number of rotatable bonds is 9. The highest BCUT2D eigenvalue weighted by Gasteiger charge is 2.18. The van der Waals surface area contributed by atoms with Gasteiger partial charge in [-0.15, -0.1) is 0 Å². The van der Waals surface area contributed by atoms with Gasteiger partial charge in [0.15, 0.2) is 0 Å². The molecule has 5 nitrogen and oxygen atoms in total. The van der Waals surface area contributed by atoms with Crippen LogP contribution < -0.4 is 9.62 Å². The van der Waals surface area contributed by atoms with E-state index < -0.39 is 15.8 Å². The molecular formula is C15H23FN2O3S. The first-order valence-electron chi connectivity index (χ1n) is 7.34. The Labute approximate surface area is 131 Å². The molecule has 1 aromatic carbocycles. The number of hydrogen-bond donors (Lipinski definition) is 1. The van der Waals surface area contributed by atoms with Gasteiger partial charge in [0.1, 0.15) is 5.82 Å². The van der Waals surface area contributed by atoms with E-state index in [0.29, 0.717) is 6.54 Å². The summed E-state index contributed by atoms with van der Waals surface area (Å²) in [6.45, 7) is 2.65. The Kier molecular flexibility index (Phi) is 7.31. The van der Waals surface area contributed by atoms with Gasteiger partial charge in [0.25, 0.3) is 0 Å². The number of hydrogen-bond acceptors (Lipinski definition) is 3. The summed E-state index contributed by atoms with van der Waals surface area (Å²) in [7, 11) is -3.57. The van der Waals surface area contributed by atoms with Crippen molar-refractivity contribution >= 4 is 21.6 Å². The van der Waals surface area contributed by atoms with Crippen LogP contribution in [-0.4, -0.2) is 33.7 Å². The number of nitrogens with one attached hydrogen (secondary N) is 1. The predicted molar refractivity (Wildman–Crippen MR) is 85.7 cm³/mol. The van der Waals surface area contributed by atoms with Crippen LogP contribution in [0.5, 0.6) is 0 Å². The topological polar surface area (TPSA) is 66.5 Å². The van der Waals surface area contributed by atoms with Gasteiger partial charge in [-0.1, -0.05) is 25.8 Å². The summed E-state index contributed by atoms with van der Waals surface area (Å²) in [6, 6.07) is 5.32. The van der Waals surface area contributed by atoms with Gasteiger partial charge in [0.05, 0.1) is 11.9 Å². The maximum Gasteiger partial charge on any atom is 0.232 e. The number of sulfonamides is 1. The molecule has 0 saturated carbocycles. The second kappa shape index (κ2) is 8.73. The molecule has 0 unspecified atom stereocenters. The first kappa shape index (κ1) is 18.4. The summed E-state index contributed by atoms with van der Waals surface area (Å²) in [5, 5.41) is 2.75. The molecule has 1 N–H and O–H groups in total. The Balaban J connectivity index is 2.63. The van der Waals surface area contributed by atoms with E-state index in [9.17, 15) is 17.6 Å². The molecule has 0 atom stereocenters. The standard InChI is InChI=1S/C15H23FN2O3S/c1-3-4-5-10-17-15(19)9-11-18(22(2,20)21)14-8-6-7-13(16)12-14/h6-8,12H,3-5,9-11H2,1-2H3,(H,17,19). The fourth-order valence-corrected chi connectivity index (χ4v) is 2.93. The van der Waals surface area contributed by atoms with Crippen LogP contribution in [0, 0.1) is 5.82 Å². The molecule has 0 aliphatic rings. The highest BCUT2D eigenvalue weighted by Crippen LogP contribution is 2.18. The second-order valence-electron chi connectivity index (χ2n) is 5.12. The monoisotopic (exact) mass is 330 g/mol. The molecule has 0 saturated heterocycles. The average molecular weight is 330 g/mol.